The van der Waals surface area contributed by atoms with Gasteiger partial charge in [0.15, 0.2) is 11.5 Å². The summed E-state index contributed by atoms with van der Waals surface area (Å²) in [4.78, 5) is 0. The van der Waals surface area contributed by atoms with Gasteiger partial charge in [0.05, 0.1) is 5.60 Å². The van der Waals surface area contributed by atoms with Crippen LogP contribution in [0.4, 0.5) is 0 Å². The van der Waals surface area contributed by atoms with E-state index >= 15 is 0 Å². The van der Waals surface area contributed by atoms with Crippen LogP contribution in [0.15, 0.2) is 18.2 Å². The third-order valence-electron chi connectivity index (χ3n) is 4.59. The predicted octanol–water partition coefficient (Wildman–Crippen LogP) is 2.80. The molecule has 1 aromatic carbocycles. The van der Waals surface area contributed by atoms with Crippen molar-refractivity contribution in [2.75, 3.05) is 19.8 Å². The molecular weight excluding hydrogens is 266 g/mol. The third-order valence-corrected chi connectivity index (χ3v) is 4.59. The third kappa shape index (κ3) is 3.50. The molecule has 0 saturated heterocycles. The molecule has 1 fully saturated rings. The van der Waals surface area contributed by atoms with E-state index in [9.17, 15) is 5.11 Å². The molecule has 1 aromatic rings. The second-order valence-electron chi connectivity index (χ2n) is 6.29. The Morgan fingerprint density at radius 2 is 1.86 bits per heavy atom. The van der Waals surface area contributed by atoms with Crippen molar-refractivity contribution in [2.45, 2.75) is 50.7 Å². The van der Waals surface area contributed by atoms with Crippen LogP contribution in [0, 0.1) is 0 Å². The number of ether oxygens (including phenoxy) is 2. The van der Waals surface area contributed by atoms with Crippen molar-refractivity contribution in [1.29, 1.82) is 0 Å². The van der Waals surface area contributed by atoms with Crippen LogP contribution >= 0.6 is 0 Å². The van der Waals surface area contributed by atoms with Crippen molar-refractivity contribution in [3.8, 4) is 11.5 Å². The Morgan fingerprint density at radius 3 is 2.62 bits per heavy atom. The lowest BCUT2D eigenvalue weighted by Crippen LogP contribution is -2.42. The molecule has 1 aliphatic carbocycles. The molecule has 2 aliphatic rings. The zero-order valence-corrected chi connectivity index (χ0v) is 12.7. The summed E-state index contributed by atoms with van der Waals surface area (Å²) in [6.45, 7) is 4.01. The molecule has 1 atom stereocenters. The van der Waals surface area contributed by atoms with E-state index in [1.807, 2.05) is 12.1 Å². The molecule has 116 valence electrons. The number of hydrogen-bond donors (Lipinski definition) is 2. The molecule has 2 N–H and O–H groups in total. The second-order valence-corrected chi connectivity index (χ2v) is 6.29. The summed E-state index contributed by atoms with van der Waals surface area (Å²) in [6.07, 6.45) is 5.34. The number of benzene rings is 1. The van der Waals surface area contributed by atoms with Crippen molar-refractivity contribution in [1.82, 2.24) is 5.32 Å². The fourth-order valence-corrected chi connectivity index (χ4v) is 3.18. The molecule has 3 rings (SSSR count). The summed E-state index contributed by atoms with van der Waals surface area (Å²) in [5.74, 6) is 1.65. The van der Waals surface area contributed by atoms with E-state index in [1.165, 1.54) is 12.0 Å². The smallest absolute Gasteiger partial charge is 0.161 e. The van der Waals surface area contributed by atoms with E-state index in [4.69, 9.17) is 9.47 Å². The van der Waals surface area contributed by atoms with E-state index in [2.05, 4.69) is 18.3 Å². The Balaban J connectivity index is 1.61. The quantitative estimate of drug-likeness (QED) is 0.895. The van der Waals surface area contributed by atoms with Crippen LogP contribution in [0.25, 0.3) is 0 Å². The predicted molar refractivity (Wildman–Crippen MR) is 81.9 cm³/mol. The van der Waals surface area contributed by atoms with Crippen molar-refractivity contribution < 1.29 is 14.6 Å². The average Bonchev–Trinajstić information content (AvgIpc) is 2.53. The normalized spacial score (nSPS) is 21.8. The minimum atomic E-state index is -0.527. The number of nitrogens with one attached hydrogen (secondary N) is 1. The lowest BCUT2D eigenvalue weighted by molar-refractivity contribution is 0.00299. The summed E-state index contributed by atoms with van der Waals surface area (Å²) in [6, 6.07) is 6.26. The fraction of sp³-hybridized carbons (Fsp3) is 0.647. The lowest BCUT2D eigenvalue weighted by Gasteiger charge is -2.33. The molecule has 1 unspecified atom stereocenters. The molecule has 0 aromatic heterocycles. The van der Waals surface area contributed by atoms with E-state index in [-0.39, 0.29) is 6.04 Å². The largest absolute Gasteiger partial charge is 0.486 e. The van der Waals surface area contributed by atoms with Crippen molar-refractivity contribution in [3.05, 3.63) is 23.8 Å². The van der Waals surface area contributed by atoms with Crippen LogP contribution in [-0.4, -0.2) is 30.5 Å². The molecule has 1 aliphatic heterocycles. The van der Waals surface area contributed by atoms with Crippen molar-refractivity contribution in [2.24, 2.45) is 0 Å². The van der Waals surface area contributed by atoms with Crippen LogP contribution in [0.2, 0.25) is 0 Å². The Hall–Kier alpha value is -1.26. The maximum absolute atomic E-state index is 10.6. The molecule has 0 amide bonds. The van der Waals surface area contributed by atoms with Crippen LogP contribution in [0.3, 0.4) is 0 Å². The van der Waals surface area contributed by atoms with Gasteiger partial charge in [-0.25, -0.2) is 0 Å². The fourth-order valence-electron chi connectivity index (χ4n) is 3.18. The van der Waals surface area contributed by atoms with Gasteiger partial charge in [-0.2, -0.15) is 0 Å². The minimum Gasteiger partial charge on any atom is -0.486 e. The molecule has 0 bridgehead atoms. The van der Waals surface area contributed by atoms with Crippen LogP contribution in [-0.2, 0) is 0 Å². The monoisotopic (exact) mass is 291 g/mol. The van der Waals surface area contributed by atoms with Crippen molar-refractivity contribution in [3.63, 3.8) is 0 Å². The van der Waals surface area contributed by atoms with Gasteiger partial charge in [0.2, 0.25) is 0 Å². The van der Waals surface area contributed by atoms with Gasteiger partial charge in [-0.1, -0.05) is 25.3 Å². The molecule has 21 heavy (non-hydrogen) atoms. The lowest BCUT2D eigenvalue weighted by atomic mass is 9.84. The first-order chi connectivity index (χ1) is 10.2. The van der Waals surface area contributed by atoms with E-state index in [1.54, 1.807) is 0 Å². The van der Waals surface area contributed by atoms with Crippen LogP contribution in [0.5, 0.6) is 11.5 Å². The first-order valence-electron chi connectivity index (χ1n) is 8.02. The number of hydrogen-bond acceptors (Lipinski definition) is 4. The van der Waals surface area contributed by atoms with E-state index < -0.39 is 5.60 Å². The van der Waals surface area contributed by atoms with Gasteiger partial charge in [-0.15, -0.1) is 0 Å². The first-order valence-corrected chi connectivity index (χ1v) is 8.02. The Bertz CT molecular complexity index is 483. The first kappa shape index (κ1) is 14.7. The average molecular weight is 291 g/mol. The van der Waals surface area contributed by atoms with Gasteiger partial charge in [-0.05, 0) is 37.5 Å². The molecule has 1 saturated carbocycles. The Morgan fingerprint density at radius 1 is 1.14 bits per heavy atom. The van der Waals surface area contributed by atoms with Crippen LogP contribution in [0.1, 0.15) is 50.6 Å². The molecule has 0 spiro atoms. The van der Waals surface area contributed by atoms with Gasteiger partial charge >= 0.3 is 0 Å². The van der Waals surface area contributed by atoms with Gasteiger partial charge in [0.25, 0.3) is 0 Å². The summed E-state index contributed by atoms with van der Waals surface area (Å²) in [5.41, 5.74) is 0.638. The SMILES string of the molecule is CC(NCC1(O)CCCCC1)c1ccc2c(c1)OCCO2. The highest BCUT2D eigenvalue weighted by Crippen LogP contribution is 2.33. The van der Waals surface area contributed by atoms with E-state index in [0.29, 0.717) is 19.8 Å². The summed E-state index contributed by atoms with van der Waals surface area (Å²) >= 11 is 0. The maximum Gasteiger partial charge on any atom is 0.161 e. The summed E-state index contributed by atoms with van der Waals surface area (Å²) in [7, 11) is 0. The van der Waals surface area contributed by atoms with Gasteiger partial charge < -0.3 is 19.9 Å². The van der Waals surface area contributed by atoms with E-state index in [0.717, 1.165) is 37.2 Å². The molecule has 1 heterocycles. The standard InChI is InChI=1S/C17H25NO3/c1-13(18-12-17(19)7-3-2-4-8-17)14-5-6-15-16(11-14)21-10-9-20-15/h5-6,11,13,18-19H,2-4,7-10,12H2,1H3. The van der Waals surface area contributed by atoms with Gasteiger partial charge in [0, 0.05) is 12.6 Å². The summed E-state index contributed by atoms with van der Waals surface area (Å²) < 4.78 is 11.2. The molecule has 4 heteroatoms. The number of fused-ring (bicyclic) bond motifs is 1. The highest BCUT2D eigenvalue weighted by Gasteiger charge is 2.29. The Labute approximate surface area is 126 Å². The maximum atomic E-state index is 10.6. The molecule has 4 nitrogen and oxygen atoms in total. The van der Waals surface area contributed by atoms with Crippen molar-refractivity contribution >= 4 is 0 Å². The zero-order chi connectivity index (χ0) is 14.7. The number of aliphatic hydroxyl groups is 1. The molecular formula is C17H25NO3. The zero-order valence-electron chi connectivity index (χ0n) is 12.7. The van der Waals surface area contributed by atoms with Gasteiger partial charge in [-0.3, -0.25) is 0 Å². The second kappa shape index (κ2) is 6.24. The minimum absolute atomic E-state index is 0.187. The highest BCUT2D eigenvalue weighted by atomic mass is 16.6. The topological polar surface area (TPSA) is 50.7 Å². The van der Waals surface area contributed by atoms with Gasteiger partial charge in [0.1, 0.15) is 13.2 Å². The van der Waals surface area contributed by atoms with Crippen LogP contribution < -0.4 is 14.8 Å². The summed E-state index contributed by atoms with van der Waals surface area (Å²) in [5, 5.41) is 14.0. The highest BCUT2D eigenvalue weighted by molar-refractivity contribution is 5.44. The Kier molecular flexibility index (Phi) is 4.36. The molecule has 0 radical (unpaired) electrons. The number of rotatable bonds is 4.